The van der Waals surface area contributed by atoms with E-state index in [9.17, 15) is 0 Å². The summed E-state index contributed by atoms with van der Waals surface area (Å²) in [5, 5.41) is 9.04. The molecule has 5 heteroatoms. The third-order valence-corrected chi connectivity index (χ3v) is 3.90. The Bertz CT molecular complexity index is 519. The number of pyridine rings is 1. The monoisotopic (exact) mass is 258 g/mol. The van der Waals surface area contributed by atoms with Crippen LogP contribution in [-0.4, -0.2) is 23.3 Å². The Balaban J connectivity index is 2.37. The van der Waals surface area contributed by atoms with Crippen molar-refractivity contribution in [2.45, 2.75) is 52.2 Å². The maximum absolute atomic E-state index is 9.04. The maximum Gasteiger partial charge on any atom is 0.495 e. The lowest BCUT2D eigenvalue weighted by atomic mass is 9.78. The fourth-order valence-electron chi connectivity index (χ4n) is 1.96. The van der Waals surface area contributed by atoms with Crippen LogP contribution in [0.1, 0.15) is 46.0 Å². The van der Waals surface area contributed by atoms with E-state index in [1.807, 2.05) is 40.7 Å². The highest BCUT2D eigenvalue weighted by Gasteiger charge is 2.51. The first-order valence-corrected chi connectivity index (χ1v) is 6.55. The van der Waals surface area contributed by atoms with E-state index >= 15 is 0 Å². The summed E-state index contributed by atoms with van der Waals surface area (Å²) in [6.45, 7) is 10.1. The van der Waals surface area contributed by atoms with Crippen LogP contribution in [0.2, 0.25) is 0 Å². The molecule has 0 saturated carbocycles. The zero-order chi connectivity index (χ0) is 14.3. The molecule has 2 heterocycles. The lowest BCUT2D eigenvalue weighted by Gasteiger charge is -2.32. The Morgan fingerprint density at radius 3 is 2.26 bits per heavy atom. The second kappa shape index (κ2) is 4.62. The van der Waals surface area contributed by atoms with E-state index in [1.165, 1.54) is 0 Å². The summed E-state index contributed by atoms with van der Waals surface area (Å²) in [4.78, 5) is 4.24. The molecule has 0 atom stereocenters. The van der Waals surface area contributed by atoms with Crippen LogP contribution < -0.4 is 5.46 Å². The minimum atomic E-state index is -0.439. The molecule has 0 aromatic carbocycles. The molecule has 2 rings (SSSR count). The summed E-state index contributed by atoms with van der Waals surface area (Å²) in [6, 6.07) is 5.77. The molecule has 4 nitrogen and oxygen atoms in total. The fraction of sp³-hybridized carbons (Fsp3) is 0.571. The van der Waals surface area contributed by atoms with Gasteiger partial charge in [0.2, 0.25) is 0 Å². The predicted molar refractivity (Wildman–Crippen MR) is 74.0 cm³/mol. The summed E-state index contributed by atoms with van der Waals surface area (Å²) in [6.07, 6.45) is 0.780. The van der Waals surface area contributed by atoms with Crippen LogP contribution in [-0.2, 0) is 15.7 Å². The van der Waals surface area contributed by atoms with E-state index in [4.69, 9.17) is 14.6 Å². The quantitative estimate of drug-likeness (QED) is 0.759. The van der Waals surface area contributed by atoms with Crippen molar-refractivity contribution in [2.75, 3.05) is 0 Å². The number of hydrogen-bond acceptors (Lipinski definition) is 4. The lowest BCUT2D eigenvalue weighted by Crippen LogP contribution is -2.41. The fourth-order valence-corrected chi connectivity index (χ4v) is 1.96. The van der Waals surface area contributed by atoms with Crippen LogP contribution in [0.3, 0.4) is 0 Å². The van der Waals surface area contributed by atoms with Crippen molar-refractivity contribution in [1.29, 1.82) is 5.26 Å². The molecular weight excluding hydrogens is 239 g/mol. The summed E-state index contributed by atoms with van der Waals surface area (Å²) in [5.41, 5.74) is 1.40. The Hall–Kier alpha value is -1.38. The van der Waals surface area contributed by atoms with Gasteiger partial charge in [0.15, 0.2) is 0 Å². The van der Waals surface area contributed by atoms with Gasteiger partial charge in [0.05, 0.1) is 11.2 Å². The van der Waals surface area contributed by atoms with Gasteiger partial charge in [-0.15, -0.1) is 0 Å². The van der Waals surface area contributed by atoms with E-state index in [0.29, 0.717) is 5.69 Å². The zero-order valence-corrected chi connectivity index (χ0v) is 12.2. The van der Waals surface area contributed by atoms with Crippen molar-refractivity contribution in [2.24, 2.45) is 0 Å². The maximum atomic E-state index is 9.04. The summed E-state index contributed by atoms with van der Waals surface area (Å²) in [5.74, 6) is 0. The topological polar surface area (TPSA) is 55.1 Å². The average molecular weight is 258 g/mol. The van der Waals surface area contributed by atoms with Gasteiger partial charge in [-0.3, -0.25) is 0 Å². The largest absolute Gasteiger partial charge is 0.495 e. The molecule has 0 N–H and O–H groups in total. The van der Waals surface area contributed by atoms with Gasteiger partial charge in [-0.05, 0) is 51.7 Å². The Kier molecular flexibility index (Phi) is 3.42. The van der Waals surface area contributed by atoms with Gasteiger partial charge in [-0.1, -0.05) is 6.92 Å². The average Bonchev–Trinajstić information content (AvgIpc) is 2.58. The standard InChI is InChI=1S/C14H19BN2O2/c1-6-11-7-10(8-12(9-16)17-11)15-18-13(2,3)14(4,5)19-15/h7-8H,6H2,1-5H3. The highest BCUT2D eigenvalue weighted by Crippen LogP contribution is 2.36. The molecule has 1 saturated heterocycles. The molecule has 1 aromatic rings. The molecule has 1 fully saturated rings. The van der Waals surface area contributed by atoms with Gasteiger partial charge in [-0.25, -0.2) is 4.98 Å². The summed E-state index contributed by atoms with van der Waals surface area (Å²) >= 11 is 0. The van der Waals surface area contributed by atoms with Gasteiger partial charge in [0.25, 0.3) is 0 Å². The lowest BCUT2D eigenvalue weighted by molar-refractivity contribution is 0.00578. The molecule has 0 bridgehead atoms. The highest BCUT2D eigenvalue weighted by molar-refractivity contribution is 6.62. The Labute approximate surface area is 114 Å². The van der Waals surface area contributed by atoms with Crippen LogP contribution in [0, 0.1) is 11.3 Å². The molecule has 1 aliphatic rings. The molecule has 0 aliphatic carbocycles. The molecule has 0 unspecified atom stereocenters. The Morgan fingerprint density at radius 1 is 1.21 bits per heavy atom. The number of nitrogens with zero attached hydrogens (tertiary/aromatic N) is 2. The van der Waals surface area contributed by atoms with E-state index in [1.54, 1.807) is 6.07 Å². The summed E-state index contributed by atoms with van der Waals surface area (Å²) in [7, 11) is -0.439. The third-order valence-electron chi connectivity index (χ3n) is 3.90. The van der Waals surface area contributed by atoms with E-state index < -0.39 is 7.12 Å². The first-order chi connectivity index (χ1) is 8.79. The molecule has 1 aromatic heterocycles. The number of aryl methyl sites for hydroxylation is 1. The number of rotatable bonds is 2. The molecular formula is C14H19BN2O2. The molecule has 19 heavy (non-hydrogen) atoms. The van der Waals surface area contributed by atoms with E-state index in [0.717, 1.165) is 17.6 Å². The van der Waals surface area contributed by atoms with Crippen molar-refractivity contribution < 1.29 is 9.31 Å². The van der Waals surface area contributed by atoms with Gasteiger partial charge >= 0.3 is 7.12 Å². The molecule has 0 spiro atoms. The molecule has 0 radical (unpaired) electrons. The zero-order valence-electron chi connectivity index (χ0n) is 12.2. The smallest absolute Gasteiger partial charge is 0.399 e. The van der Waals surface area contributed by atoms with Crippen LogP contribution in [0.4, 0.5) is 0 Å². The molecule has 1 aliphatic heterocycles. The second-order valence-corrected chi connectivity index (χ2v) is 5.83. The normalized spacial score (nSPS) is 20.3. The van der Waals surface area contributed by atoms with Gasteiger partial charge < -0.3 is 9.31 Å². The first kappa shape index (κ1) is 14.0. The van der Waals surface area contributed by atoms with Gasteiger partial charge in [0, 0.05) is 5.69 Å². The van der Waals surface area contributed by atoms with Crippen LogP contribution >= 0.6 is 0 Å². The van der Waals surface area contributed by atoms with Gasteiger partial charge in [-0.2, -0.15) is 5.26 Å². The van der Waals surface area contributed by atoms with Crippen molar-refractivity contribution in [3.8, 4) is 6.07 Å². The number of hydrogen-bond donors (Lipinski definition) is 0. The molecule has 100 valence electrons. The Morgan fingerprint density at radius 2 is 1.79 bits per heavy atom. The first-order valence-electron chi connectivity index (χ1n) is 6.55. The minimum Gasteiger partial charge on any atom is -0.399 e. The SMILES string of the molecule is CCc1cc(B2OC(C)(C)C(C)(C)O2)cc(C#N)n1. The van der Waals surface area contributed by atoms with Crippen LogP contribution in [0.15, 0.2) is 12.1 Å². The predicted octanol–water partition coefficient (Wildman–Crippen LogP) is 1.81. The summed E-state index contributed by atoms with van der Waals surface area (Å²) < 4.78 is 12.0. The third kappa shape index (κ3) is 2.51. The van der Waals surface area contributed by atoms with Crippen molar-refractivity contribution in [3.63, 3.8) is 0 Å². The van der Waals surface area contributed by atoms with E-state index in [-0.39, 0.29) is 11.2 Å². The van der Waals surface area contributed by atoms with E-state index in [2.05, 4.69) is 11.1 Å². The van der Waals surface area contributed by atoms with Crippen LogP contribution in [0.25, 0.3) is 0 Å². The van der Waals surface area contributed by atoms with Gasteiger partial charge in [0.1, 0.15) is 11.8 Å². The van der Waals surface area contributed by atoms with Crippen molar-refractivity contribution >= 4 is 12.6 Å². The van der Waals surface area contributed by atoms with Crippen LogP contribution in [0.5, 0.6) is 0 Å². The second-order valence-electron chi connectivity index (χ2n) is 5.83. The minimum absolute atomic E-state index is 0.375. The number of aromatic nitrogens is 1. The van der Waals surface area contributed by atoms with Crippen molar-refractivity contribution in [3.05, 3.63) is 23.5 Å². The molecule has 0 amide bonds. The van der Waals surface area contributed by atoms with Crippen molar-refractivity contribution in [1.82, 2.24) is 4.98 Å². The number of nitriles is 1. The highest BCUT2D eigenvalue weighted by atomic mass is 16.7.